The van der Waals surface area contributed by atoms with Crippen LogP contribution in [0.15, 0.2) is 30.3 Å². The van der Waals surface area contributed by atoms with Crippen molar-refractivity contribution in [1.82, 2.24) is 19.8 Å². The van der Waals surface area contributed by atoms with Gasteiger partial charge >= 0.3 is 0 Å². The zero-order valence-electron chi connectivity index (χ0n) is 15.6. The largest absolute Gasteiger partial charge is 0.354 e. The standard InChI is InChI=1S/C18H24N4O5S/c1-28(26,27)22-11-10-21(18(25)13-6-3-2-4-7-13)12-15(22)17(24)20-14-8-5-9-19-16(14)23/h2-4,6-7,14-15H,5,8-12H2,1H3,(H,19,23)(H,20,24). The van der Waals surface area contributed by atoms with Gasteiger partial charge in [0.2, 0.25) is 21.8 Å². The van der Waals surface area contributed by atoms with Crippen LogP contribution >= 0.6 is 0 Å². The highest BCUT2D eigenvalue weighted by Crippen LogP contribution is 2.17. The van der Waals surface area contributed by atoms with Gasteiger partial charge in [-0.1, -0.05) is 18.2 Å². The predicted molar refractivity (Wildman–Crippen MR) is 102 cm³/mol. The molecule has 3 rings (SSSR count). The maximum atomic E-state index is 12.8. The Labute approximate surface area is 164 Å². The Hall–Kier alpha value is -2.46. The molecule has 9 nitrogen and oxygen atoms in total. The molecule has 0 spiro atoms. The lowest BCUT2D eigenvalue weighted by molar-refractivity contribution is -0.132. The van der Waals surface area contributed by atoms with E-state index in [0.717, 1.165) is 17.0 Å². The first-order valence-electron chi connectivity index (χ1n) is 9.16. The van der Waals surface area contributed by atoms with Crippen LogP contribution in [0, 0.1) is 0 Å². The molecule has 0 aromatic heterocycles. The van der Waals surface area contributed by atoms with Crippen LogP contribution in [0.4, 0.5) is 0 Å². The maximum Gasteiger partial charge on any atom is 0.253 e. The smallest absolute Gasteiger partial charge is 0.253 e. The van der Waals surface area contributed by atoms with E-state index in [9.17, 15) is 22.8 Å². The molecule has 2 fully saturated rings. The van der Waals surface area contributed by atoms with Gasteiger partial charge in [-0.25, -0.2) is 8.42 Å². The van der Waals surface area contributed by atoms with Gasteiger partial charge in [0.1, 0.15) is 12.1 Å². The van der Waals surface area contributed by atoms with Crippen LogP contribution in [0.25, 0.3) is 0 Å². The fraction of sp³-hybridized carbons (Fsp3) is 0.500. The number of sulfonamides is 1. The van der Waals surface area contributed by atoms with Gasteiger partial charge in [-0.15, -0.1) is 0 Å². The second-order valence-corrected chi connectivity index (χ2v) is 8.94. The van der Waals surface area contributed by atoms with Gasteiger partial charge in [0.05, 0.1) is 6.26 Å². The van der Waals surface area contributed by atoms with E-state index in [1.54, 1.807) is 30.3 Å². The van der Waals surface area contributed by atoms with E-state index in [2.05, 4.69) is 10.6 Å². The Kier molecular flexibility index (Phi) is 5.99. The molecule has 2 aliphatic heterocycles. The molecular weight excluding hydrogens is 384 g/mol. The van der Waals surface area contributed by atoms with Crippen LogP contribution in [-0.4, -0.2) is 79.9 Å². The molecular formula is C18H24N4O5S. The molecule has 28 heavy (non-hydrogen) atoms. The van der Waals surface area contributed by atoms with E-state index in [0.29, 0.717) is 18.5 Å². The van der Waals surface area contributed by atoms with Gasteiger partial charge in [-0.3, -0.25) is 14.4 Å². The van der Waals surface area contributed by atoms with Crippen molar-refractivity contribution < 1.29 is 22.8 Å². The molecule has 152 valence electrons. The molecule has 10 heteroatoms. The zero-order chi connectivity index (χ0) is 20.3. The number of rotatable bonds is 4. The number of carbonyl (C=O) groups is 3. The molecule has 2 heterocycles. The number of piperazine rings is 1. The maximum absolute atomic E-state index is 12.8. The summed E-state index contributed by atoms with van der Waals surface area (Å²) in [5.74, 6) is -1.11. The fourth-order valence-corrected chi connectivity index (χ4v) is 4.54. The molecule has 2 N–H and O–H groups in total. The van der Waals surface area contributed by atoms with E-state index in [4.69, 9.17) is 0 Å². The molecule has 0 radical (unpaired) electrons. The number of nitrogens with one attached hydrogen (secondary N) is 2. The Bertz CT molecular complexity index is 858. The summed E-state index contributed by atoms with van der Waals surface area (Å²) >= 11 is 0. The lowest BCUT2D eigenvalue weighted by Gasteiger charge is -2.39. The van der Waals surface area contributed by atoms with Crippen molar-refractivity contribution in [3.63, 3.8) is 0 Å². The highest BCUT2D eigenvalue weighted by atomic mass is 32.2. The summed E-state index contributed by atoms with van der Waals surface area (Å²) < 4.78 is 25.4. The van der Waals surface area contributed by atoms with Gasteiger partial charge in [0.25, 0.3) is 5.91 Å². The minimum absolute atomic E-state index is 0.0202. The first-order valence-corrected chi connectivity index (χ1v) is 11.0. The number of piperidine rings is 1. The van der Waals surface area contributed by atoms with Gasteiger partial charge in [-0.05, 0) is 25.0 Å². The number of nitrogens with zero attached hydrogens (tertiary/aromatic N) is 2. The monoisotopic (exact) mass is 408 g/mol. The highest BCUT2D eigenvalue weighted by molar-refractivity contribution is 7.88. The normalized spacial score (nSPS) is 23.8. The van der Waals surface area contributed by atoms with Gasteiger partial charge in [-0.2, -0.15) is 4.31 Å². The third kappa shape index (κ3) is 4.50. The molecule has 2 atom stereocenters. The lowest BCUT2D eigenvalue weighted by Crippen LogP contribution is -2.63. The van der Waals surface area contributed by atoms with Crippen molar-refractivity contribution in [2.24, 2.45) is 0 Å². The summed E-state index contributed by atoms with van der Waals surface area (Å²) in [4.78, 5) is 39.0. The summed E-state index contributed by atoms with van der Waals surface area (Å²) in [5.41, 5.74) is 0.473. The molecule has 1 aromatic rings. The molecule has 2 unspecified atom stereocenters. The number of amides is 3. The Morgan fingerprint density at radius 1 is 1.18 bits per heavy atom. The molecule has 2 saturated heterocycles. The van der Waals surface area contributed by atoms with E-state index in [-0.39, 0.29) is 31.4 Å². The topological polar surface area (TPSA) is 116 Å². The fourth-order valence-electron chi connectivity index (χ4n) is 3.50. The minimum atomic E-state index is -3.65. The van der Waals surface area contributed by atoms with Crippen molar-refractivity contribution in [2.45, 2.75) is 24.9 Å². The van der Waals surface area contributed by atoms with Crippen molar-refractivity contribution in [3.05, 3.63) is 35.9 Å². The molecule has 0 bridgehead atoms. The molecule has 2 aliphatic rings. The van der Waals surface area contributed by atoms with Crippen LogP contribution in [0.5, 0.6) is 0 Å². The van der Waals surface area contributed by atoms with E-state index in [1.807, 2.05) is 0 Å². The van der Waals surface area contributed by atoms with Crippen molar-refractivity contribution >= 4 is 27.7 Å². The first-order chi connectivity index (χ1) is 13.3. The number of hydrogen-bond acceptors (Lipinski definition) is 5. The minimum Gasteiger partial charge on any atom is -0.354 e. The third-order valence-electron chi connectivity index (χ3n) is 4.97. The SMILES string of the molecule is CS(=O)(=O)N1CCN(C(=O)c2ccccc2)CC1C(=O)NC1CCCNC1=O. The molecule has 0 saturated carbocycles. The highest BCUT2D eigenvalue weighted by Gasteiger charge is 2.40. The van der Waals surface area contributed by atoms with Gasteiger partial charge in [0, 0.05) is 31.7 Å². The quantitative estimate of drug-likeness (QED) is 0.675. The Balaban J connectivity index is 1.78. The van der Waals surface area contributed by atoms with Crippen LogP contribution in [0.2, 0.25) is 0 Å². The van der Waals surface area contributed by atoms with Crippen LogP contribution < -0.4 is 10.6 Å². The average molecular weight is 408 g/mol. The molecule has 0 aliphatic carbocycles. The second kappa shape index (κ2) is 8.27. The number of carbonyl (C=O) groups excluding carboxylic acids is 3. The summed E-state index contributed by atoms with van der Waals surface area (Å²) in [6.45, 7) is 0.700. The third-order valence-corrected chi connectivity index (χ3v) is 6.26. The number of benzene rings is 1. The van der Waals surface area contributed by atoms with E-state index in [1.165, 1.54) is 4.90 Å². The molecule has 1 aromatic carbocycles. The number of hydrogen-bond donors (Lipinski definition) is 2. The van der Waals surface area contributed by atoms with E-state index >= 15 is 0 Å². The van der Waals surface area contributed by atoms with E-state index < -0.39 is 28.0 Å². The summed E-state index contributed by atoms with van der Waals surface area (Å²) in [6.07, 6.45) is 2.26. The van der Waals surface area contributed by atoms with Crippen molar-refractivity contribution in [3.8, 4) is 0 Å². The van der Waals surface area contributed by atoms with Gasteiger partial charge < -0.3 is 15.5 Å². The summed E-state index contributed by atoms with van der Waals surface area (Å²) in [7, 11) is -3.65. The summed E-state index contributed by atoms with van der Waals surface area (Å²) in [6, 6.07) is 6.86. The lowest BCUT2D eigenvalue weighted by atomic mass is 10.1. The summed E-state index contributed by atoms with van der Waals surface area (Å²) in [5, 5.41) is 5.32. The van der Waals surface area contributed by atoms with Crippen molar-refractivity contribution in [1.29, 1.82) is 0 Å². The molecule has 3 amide bonds. The Morgan fingerprint density at radius 2 is 1.89 bits per heavy atom. The van der Waals surface area contributed by atoms with Crippen LogP contribution in [-0.2, 0) is 19.6 Å². The predicted octanol–water partition coefficient (Wildman–Crippen LogP) is -0.833. The average Bonchev–Trinajstić information content (AvgIpc) is 2.68. The van der Waals surface area contributed by atoms with Crippen molar-refractivity contribution in [2.75, 3.05) is 32.4 Å². The van der Waals surface area contributed by atoms with Gasteiger partial charge in [0.15, 0.2) is 0 Å². The second-order valence-electron chi connectivity index (χ2n) is 7.00. The van der Waals surface area contributed by atoms with Crippen LogP contribution in [0.1, 0.15) is 23.2 Å². The zero-order valence-corrected chi connectivity index (χ0v) is 16.4. The Morgan fingerprint density at radius 3 is 2.54 bits per heavy atom. The van der Waals surface area contributed by atoms with Crippen LogP contribution in [0.3, 0.4) is 0 Å². The first kappa shape index (κ1) is 20.3.